The largest absolute Gasteiger partial charge is 0.335 e. The summed E-state index contributed by atoms with van der Waals surface area (Å²) in [6, 6.07) is 21.3. The summed E-state index contributed by atoms with van der Waals surface area (Å²) in [4.78, 5) is 28.4. The Kier molecular flexibility index (Phi) is 6.87. The highest BCUT2D eigenvalue weighted by atomic mass is 16.2. The van der Waals surface area contributed by atoms with Crippen LogP contribution in [0.25, 0.3) is 0 Å². The highest BCUT2D eigenvalue weighted by Gasteiger charge is 2.40. The minimum atomic E-state index is -0.148. The molecule has 2 heterocycles. The van der Waals surface area contributed by atoms with Gasteiger partial charge in [-0.2, -0.15) is 0 Å². The Labute approximate surface area is 207 Å². The SMILES string of the molecule is Cc1cc(Cc2ccccc2)cc(CN(C(=O)[C@@H]2CNCC[C@H]2c2ccn(C)c(=O)c2)C2CC2)c1. The van der Waals surface area contributed by atoms with E-state index in [2.05, 4.69) is 59.6 Å². The van der Waals surface area contributed by atoms with Gasteiger partial charge in [-0.15, -0.1) is 0 Å². The summed E-state index contributed by atoms with van der Waals surface area (Å²) >= 11 is 0. The van der Waals surface area contributed by atoms with Crippen LogP contribution in [0.5, 0.6) is 0 Å². The molecule has 35 heavy (non-hydrogen) atoms. The van der Waals surface area contributed by atoms with Crippen molar-refractivity contribution in [2.45, 2.75) is 51.1 Å². The Morgan fingerprint density at radius 1 is 1.00 bits per heavy atom. The van der Waals surface area contributed by atoms with E-state index in [0.29, 0.717) is 19.1 Å². The lowest BCUT2D eigenvalue weighted by Crippen LogP contribution is -2.47. The molecule has 2 atom stereocenters. The van der Waals surface area contributed by atoms with Gasteiger partial charge >= 0.3 is 0 Å². The predicted octanol–water partition coefficient (Wildman–Crippen LogP) is 4.17. The van der Waals surface area contributed by atoms with E-state index >= 15 is 0 Å². The van der Waals surface area contributed by atoms with Crippen LogP contribution in [0.1, 0.15) is 53.0 Å². The number of carbonyl (C=O) groups is 1. The van der Waals surface area contributed by atoms with E-state index in [9.17, 15) is 9.59 Å². The first-order valence-corrected chi connectivity index (χ1v) is 12.8. The minimum absolute atomic E-state index is 0.0167. The standard InChI is InChI=1S/C30H35N3O2/c1-21-14-23(16-22-6-4-3-5-7-22)17-24(15-21)20-33(26-8-9-26)30(35)28-19-31-12-10-27(28)25-11-13-32(2)29(34)18-25/h3-7,11,13-15,17-18,26-28,31H,8-10,12,16,19-20H2,1-2H3/t27-,28+/m0/s1. The molecule has 2 fully saturated rings. The maximum atomic E-state index is 14.0. The molecule has 5 heteroatoms. The second-order valence-corrected chi connectivity index (χ2v) is 10.3. The number of hydrogen-bond donors (Lipinski definition) is 1. The molecule has 1 N–H and O–H groups in total. The zero-order chi connectivity index (χ0) is 24.4. The van der Waals surface area contributed by atoms with E-state index < -0.39 is 0 Å². The van der Waals surface area contributed by atoms with E-state index in [1.54, 1.807) is 17.7 Å². The molecule has 1 saturated carbocycles. The van der Waals surface area contributed by atoms with Crippen LogP contribution >= 0.6 is 0 Å². The number of nitrogens with zero attached hydrogens (tertiary/aromatic N) is 2. The summed E-state index contributed by atoms with van der Waals surface area (Å²) in [6.45, 7) is 4.31. The van der Waals surface area contributed by atoms with Crippen molar-refractivity contribution in [3.05, 3.63) is 105 Å². The molecule has 182 valence electrons. The van der Waals surface area contributed by atoms with E-state index in [1.165, 1.54) is 22.3 Å². The van der Waals surface area contributed by atoms with E-state index in [1.807, 2.05) is 18.3 Å². The Bertz CT molecular complexity index is 1250. The zero-order valence-electron chi connectivity index (χ0n) is 20.7. The van der Waals surface area contributed by atoms with E-state index in [0.717, 1.165) is 37.8 Å². The molecule has 1 aliphatic heterocycles. The van der Waals surface area contributed by atoms with Crippen LogP contribution in [0.2, 0.25) is 0 Å². The first-order valence-electron chi connectivity index (χ1n) is 12.8. The van der Waals surface area contributed by atoms with Gasteiger partial charge in [0.15, 0.2) is 0 Å². The van der Waals surface area contributed by atoms with Gasteiger partial charge in [0.1, 0.15) is 0 Å². The number of piperidine rings is 1. The molecule has 1 amide bonds. The number of amides is 1. The first kappa shape index (κ1) is 23.6. The highest BCUT2D eigenvalue weighted by molar-refractivity contribution is 5.81. The van der Waals surface area contributed by atoms with Crippen molar-refractivity contribution in [2.75, 3.05) is 13.1 Å². The number of hydrogen-bond acceptors (Lipinski definition) is 3. The molecular formula is C30H35N3O2. The lowest BCUT2D eigenvalue weighted by Gasteiger charge is -2.36. The summed E-state index contributed by atoms with van der Waals surface area (Å²) < 4.78 is 1.59. The number of rotatable bonds is 7. The van der Waals surface area contributed by atoms with Crippen LogP contribution in [-0.2, 0) is 24.8 Å². The van der Waals surface area contributed by atoms with Crippen molar-refractivity contribution in [3.8, 4) is 0 Å². The van der Waals surface area contributed by atoms with Gasteiger partial charge < -0.3 is 14.8 Å². The number of pyridine rings is 1. The lowest BCUT2D eigenvalue weighted by atomic mass is 9.80. The third-order valence-electron chi connectivity index (χ3n) is 7.43. The molecule has 0 radical (unpaired) electrons. The summed E-state index contributed by atoms with van der Waals surface area (Å²) in [5.74, 6) is 0.145. The summed E-state index contributed by atoms with van der Waals surface area (Å²) in [7, 11) is 1.76. The maximum Gasteiger partial charge on any atom is 0.250 e. The Morgan fingerprint density at radius 3 is 2.51 bits per heavy atom. The third kappa shape index (κ3) is 5.57. The van der Waals surface area contributed by atoms with Crippen molar-refractivity contribution in [3.63, 3.8) is 0 Å². The molecule has 1 aliphatic carbocycles. The normalized spacial score (nSPS) is 19.9. The second-order valence-electron chi connectivity index (χ2n) is 10.3. The van der Waals surface area contributed by atoms with Crippen LogP contribution in [0.4, 0.5) is 0 Å². The fourth-order valence-corrected chi connectivity index (χ4v) is 5.47. The Hall–Kier alpha value is -3.18. The number of aromatic nitrogens is 1. The van der Waals surface area contributed by atoms with Gasteiger partial charge in [0.25, 0.3) is 5.56 Å². The molecule has 0 spiro atoms. The lowest BCUT2D eigenvalue weighted by molar-refractivity contribution is -0.138. The highest BCUT2D eigenvalue weighted by Crippen LogP contribution is 2.36. The number of aryl methyl sites for hydroxylation is 2. The Balaban J connectivity index is 1.38. The topological polar surface area (TPSA) is 54.3 Å². The van der Waals surface area contributed by atoms with Crippen LogP contribution in [0.15, 0.2) is 71.7 Å². The molecular weight excluding hydrogens is 434 g/mol. The van der Waals surface area contributed by atoms with Crippen molar-refractivity contribution in [1.82, 2.24) is 14.8 Å². The number of benzene rings is 2. The smallest absolute Gasteiger partial charge is 0.250 e. The molecule has 5 rings (SSSR count). The van der Waals surface area contributed by atoms with Gasteiger partial charge in [0.05, 0.1) is 5.92 Å². The zero-order valence-corrected chi connectivity index (χ0v) is 20.7. The predicted molar refractivity (Wildman–Crippen MR) is 139 cm³/mol. The Morgan fingerprint density at radius 2 is 1.77 bits per heavy atom. The van der Waals surface area contributed by atoms with Crippen LogP contribution in [0.3, 0.4) is 0 Å². The fraction of sp³-hybridized carbons (Fsp3) is 0.400. The molecule has 2 aromatic carbocycles. The molecule has 5 nitrogen and oxygen atoms in total. The van der Waals surface area contributed by atoms with Gasteiger partial charge in [-0.3, -0.25) is 9.59 Å². The first-order chi connectivity index (χ1) is 17.0. The average Bonchev–Trinajstić information content (AvgIpc) is 3.70. The minimum Gasteiger partial charge on any atom is -0.335 e. The average molecular weight is 470 g/mol. The number of nitrogens with one attached hydrogen (secondary N) is 1. The summed E-state index contributed by atoms with van der Waals surface area (Å²) in [5.41, 5.74) is 5.98. The van der Waals surface area contributed by atoms with E-state index in [-0.39, 0.29) is 23.3 Å². The molecule has 3 aromatic rings. The van der Waals surface area contributed by atoms with E-state index in [4.69, 9.17) is 0 Å². The van der Waals surface area contributed by atoms with Crippen molar-refractivity contribution < 1.29 is 4.79 Å². The summed E-state index contributed by atoms with van der Waals surface area (Å²) in [6.07, 6.45) is 5.73. The molecule has 1 saturated heterocycles. The van der Waals surface area contributed by atoms with Crippen molar-refractivity contribution in [1.29, 1.82) is 0 Å². The third-order valence-corrected chi connectivity index (χ3v) is 7.43. The van der Waals surface area contributed by atoms with Crippen LogP contribution in [-0.4, -0.2) is 34.5 Å². The van der Waals surface area contributed by atoms with Gasteiger partial charge in [0.2, 0.25) is 5.91 Å². The fourth-order valence-electron chi connectivity index (χ4n) is 5.47. The van der Waals surface area contributed by atoms with Gasteiger partial charge in [-0.25, -0.2) is 0 Å². The monoisotopic (exact) mass is 469 g/mol. The van der Waals surface area contributed by atoms with Crippen molar-refractivity contribution in [2.24, 2.45) is 13.0 Å². The van der Waals surface area contributed by atoms with Gasteiger partial charge in [-0.05, 0) is 73.4 Å². The van der Waals surface area contributed by atoms with Crippen molar-refractivity contribution >= 4 is 5.91 Å². The number of carbonyl (C=O) groups excluding carboxylic acids is 1. The van der Waals surface area contributed by atoms with Crippen LogP contribution < -0.4 is 10.9 Å². The summed E-state index contributed by atoms with van der Waals surface area (Å²) in [5, 5.41) is 3.43. The molecule has 2 aliphatic rings. The quantitative estimate of drug-likeness (QED) is 0.565. The molecule has 1 aromatic heterocycles. The maximum absolute atomic E-state index is 14.0. The molecule has 0 bridgehead atoms. The van der Waals surface area contributed by atoms with Gasteiger partial charge in [-0.1, -0.05) is 54.1 Å². The molecule has 0 unspecified atom stereocenters. The van der Waals surface area contributed by atoms with Crippen LogP contribution in [0, 0.1) is 12.8 Å². The second kappa shape index (κ2) is 10.2. The van der Waals surface area contributed by atoms with Gasteiger partial charge in [0, 0.05) is 38.4 Å².